The van der Waals surface area contributed by atoms with Gasteiger partial charge in [-0.2, -0.15) is 0 Å². The highest BCUT2D eigenvalue weighted by Gasteiger charge is 2.15. The maximum absolute atomic E-state index is 13.3. The van der Waals surface area contributed by atoms with Crippen molar-refractivity contribution >= 4 is 16.7 Å². The van der Waals surface area contributed by atoms with E-state index in [1.54, 1.807) is 10.9 Å². The van der Waals surface area contributed by atoms with E-state index in [0.29, 0.717) is 5.56 Å². The number of para-hydroxylation sites is 2. The van der Waals surface area contributed by atoms with Crippen molar-refractivity contribution in [3.63, 3.8) is 0 Å². The van der Waals surface area contributed by atoms with Gasteiger partial charge < -0.3 is 4.57 Å². The van der Waals surface area contributed by atoms with Crippen LogP contribution in [0.5, 0.6) is 0 Å². The number of imidazole rings is 1. The minimum atomic E-state index is -0.506. The van der Waals surface area contributed by atoms with Crippen LogP contribution < -0.4 is 0 Å². The number of hydrogen-bond acceptors (Lipinski definition) is 3. The molecule has 0 spiro atoms. The van der Waals surface area contributed by atoms with E-state index in [4.69, 9.17) is 0 Å². The highest BCUT2D eigenvalue weighted by molar-refractivity contribution is 5.75. The molecule has 1 aromatic heterocycles. The summed E-state index contributed by atoms with van der Waals surface area (Å²) in [4.78, 5) is 14.7. The number of halogens is 1. The molecule has 6 heteroatoms. The van der Waals surface area contributed by atoms with Crippen LogP contribution in [0.2, 0.25) is 0 Å². The first-order chi connectivity index (χ1) is 9.65. The van der Waals surface area contributed by atoms with Crippen molar-refractivity contribution in [2.24, 2.45) is 0 Å². The molecule has 100 valence electrons. The number of nitro groups is 1. The quantitative estimate of drug-likeness (QED) is 0.543. The Kier molecular flexibility index (Phi) is 2.90. The highest BCUT2D eigenvalue weighted by atomic mass is 19.1. The first-order valence-electron chi connectivity index (χ1n) is 5.98. The highest BCUT2D eigenvalue weighted by Crippen LogP contribution is 2.22. The maximum atomic E-state index is 13.3. The Morgan fingerprint density at radius 1 is 1.25 bits per heavy atom. The van der Waals surface area contributed by atoms with Gasteiger partial charge in [-0.15, -0.1) is 0 Å². The lowest BCUT2D eigenvalue weighted by Crippen LogP contribution is -2.02. The number of fused-ring (bicyclic) bond motifs is 1. The van der Waals surface area contributed by atoms with Crippen molar-refractivity contribution in [1.82, 2.24) is 9.55 Å². The fourth-order valence-corrected chi connectivity index (χ4v) is 2.18. The number of rotatable bonds is 3. The lowest BCUT2D eigenvalue weighted by molar-refractivity contribution is -0.385. The zero-order chi connectivity index (χ0) is 14.1. The summed E-state index contributed by atoms with van der Waals surface area (Å²) >= 11 is 0. The molecule has 0 saturated carbocycles. The Hall–Kier alpha value is -2.76. The van der Waals surface area contributed by atoms with Crippen molar-refractivity contribution in [1.29, 1.82) is 0 Å². The molecule has 5 nitrogen and oxygen atoms in total. The van der Waals surface area contributed by atoms with Crippen LogP contribution in [0.15, 0.2) is 48.8 Å². The fraction of sp³-hybridized carbons (Fsp3) is 0.0714. The smallest absolute Gasteiger partial charge is 0.274 e. The second-order valence-corrected chi connectivity index (χ2v) is 4.39. The molecule has 3 aromatic rings. The number of nitro benzene ring substituents is 1. The third kappa shape index (κ3) is 2.11. The molecule has 20 heavy (non-hydrogen) atoms. The summed E-state index contributed by atoms with van der Waals surface area (Å²) in [5.41, 5.74) is 1.87. The summed E-state index contributed by atoms with van der Waals surface area (Å²) in [6.07, 6.45) is 1.60. The van der Waals surface area contributed by atoms with E-state index in [-0.39, 0.29) is 12.2 Å². The lowest BCUT2D eigenvalue weighted by Gasteiger charge is -2.05. The van der Waals surface area contributed by atoms with Crippen LogP contribution >= 0.6 is 0 Å². The first kappa shape index (κ1) is 12.3. The van der Waals surface area contributed by atoms with Gasteiger partial charge in [-0.05, 0) is 24.3 Å². The van der Waals surface area contributed by atoms with Gasteiger partial charge in [-0.1, -0.05) is 12.1 Å². The molecule has 0 aliphatic carbocycles. The van der Waals surface area contributed by atoms with Crippen LogP contribution in [0.25, 0.3) is 11.0 Å². The van der Waals surface area contributed by atoms with Gasteiger partial charge in [0, 0.05) is 6.07 Å². The Morgan fingerprint density at radius 3 is 2.85 bits per heavy atom. The second-order valence-electron chi connectivity index (χ2n) is 4.39. The van der Waals surface area contributed by atoms with Crippen molar-refractivity contribution in [2.45, 2.75) is 6.54 Å². The first-order valence-corrected chi connectivity index (χ1v) is 5.98. The normalized spacial score (nSPS) is 10.8. The van der Waals surface area contributed by atoms with Crippen LogP contribution in [0.1, 0.15) is 5.56 Å². The Balaban J connectivity index is 2.07. The van der Waals surface area contributed by atoms with Crippen molar-refractivity contribution in [3.05, 3.63) is 70.3 Å². The van der Waals surface area contributed by atoms with Crippen LogP contribution in [0, 0.1) is 15.9 Å². The van der Waals surface area contributed by atoms with E-state index >= 15 is 0 Å². The standard InChI is InChI=1S/C14H10FN3O2/c15-11-5-6-13(18(19)20)10(7-11)8-17-9-16-12-3-1-2-4-14(12)17/h1-7,9H,8H2. The topological polar surface area (TPSA) is 61.0 Å². The average Bonchev–Trinajstić information content (AvgIpc) is 2.82. The molecule has 0 atom stereocenters. The summed E-state index contributed by atoms with van der Waals surface area (Å²) < 4.78 is 15.1. The maximum Gasteiger partial charge on any atom is 0.274 e. The molecule has 0 bridgehead atoms. The molecule has 0 unspecified atom stereocenters. The van der Waals surface area contributed by atoms with E-state index in [2.05, 4.69) is 4.98 Å². The molecule has 0 aliphatic rings. The van der Waals surface area contributed by atoms with Gasteiger partial charge >= 0.3 is 0 Å². The lowest BCUT2D eigenvalue weighted by atomic mass is 10.1. The van der Waals surface area contributed by atoms with Gasteiger partial charge in [0.1, 0.15) is 5.82 Å². The molecule has 0 radical (unpaired) electrons. The predicted octanol–water partition coefficient (Wildman–Crippen LogP) is 3.13. The third-order valence-electron chi connectivity index (χ3n) is 3.11. The van der Waals surface area contributed by atoms with Crippen molar-refractivity contribution < 1.29 is 9.31 Å². The predicted molar refractivity (Wildman–Crippen MR) is 71.9 cm³/mol. The van der Waals surface area contributed by atoms with Gasteiger partial charge in [0.15, 0.2) is 0 Å². The minimum absolute atomic E-state index is 0.0934. The van der Waals surface area contributed by atoms with Crippen molar-refractivity contribution in [2.75, 3.05) is 0 Å². The number of benzene rings is 2. The summed E-state index contributed by atoms with van der Waals surface area (Å²) in [6, 6.07) is 10.9. The van der Waals surface area contributed by atoms with E-state index in [0.717, 1.165) is 17.1 Å². The van der Waals surface area contributed by atoms with Gasteiger partial charge in [-0.3, -0.25) is 10.1 Å². The molecule has 2 aromatic carbocycles. The molecule has 0 N–H and O–H groups in total. The number of hydrogen-bond donors (Lipinski definition) is 0. The Bertz CT molecular complexity index is 798. The summed E-state index contributed by atoms with van der Waals surface area (Å²) in [6.45, 7) is 0.203. The average molecular weight is 271 g/mol. The molecule has 0 aliphatic heterocycles. The van der Waals surface area contributed by atoms with Gasteiger partial charge in [-0.25, -0.2) is 9.37 Å². The zero-order valence-corrected chi connectivity index (χ0v) is 10.4. The minimum Gasteiger partial charge on any atom is -0.326 e. The molecule has 0 fully saturated rings. The second kappa shape index (κ2) is 4.73. The molecule has 3 rings (SSSR count). The largest absolute Gasteiger partial charge is 0.326 e. The summed E-state index contributed by atoms with van der Waals surface area (Å²) in [7, 11) is 0. The molecular weight excluding hydrogens is 261 g/mol. The molecule has 1 heterocycles. The van der Waals surface area contributed by atoms with E-state index in [1.807, 2.05) is 24.3 Å². The number of nitrogens with zero attached hydrogens (tertiary/aromatic N) is 3. The van der Waals surface area contributed by atoms with E-state index < -0.39 is 10.7 Å². The van der Waals surface area contributed by atoms with Gasteiger partial charge in [0.25, 0.3) is 5.69 Å². The van der Waals surface area contributed by atoms with Crippen LogP contribution in [-0.2, 0) is 6.54 Å². The number of aromatic nitrogens is 2. The summed E-state index contributed by atoms with van der Waals surface area (Å²) in [5.74, 6) is -0.491. The van der Waals surface area contributed by atoms with Gasteiger partial charge in [0.2, 0.25) is 0 Å². The fourth-order valence-electron chi connectivity index (χ4n) is 2.18. The summed E-state index contributed by atoms with van der Waals surface area (Å²) in [5, 5.41) is 11.0. The van der Waals surface area contributed by atoms with Crippen molar-refractivity contribution in [3.8, 4) is 0 Å². The van der Waals surface area contributed by atoms with Crippen LogP contribution in [0.3, 0.4) is 0 Å². The molecular formula is C14H10FN3O2. The van der Waals surface area contributed by atoms with E-state index in [1.165, 1.54) is 12.1 Å². The Morgan fingerprint density at radius 2 is 2.05 bits per heavy atom. The molecule has 0 saturated heterocycles. The Labute approximate surface area is 113 Å². The van der Waals surface area contributed by atoms with E-state index in [9.17, 15) is 14.5 Å². The van der Waals surface area contributed by atoms with Gasteiger partial charge in [0.05, 0.1) is 34.4 Å². The molecule has 0 amide bonds. The SMILES string of the molecule is O=[N+]([O-])c1ccc(F)cc1Cn1cnc2ccccc21. The van der Waals surface area contributed by atoms with Crippen LogP contribution in [0.4, 0.5) is 10.1 Å². The van der Waals surface area contributed by atoms with Crippen LogP contribution in [-0.4, -0.2) is 14.5 Å². The monoisotopic (exact) mass is 271 g/mol. The zero-order valence-electron chi connectivity index (χ0n) is 10.4. The third-order valence-corrected chi connectivity index (χ3v) is 3.11.